The molecule has 152 valence electrons. The van der Waals surface area contributed by atoms with Crippen molar-refractivity contribution in [2.45, 2.75) is 38.1 Å². The molecular formula is C20H25N7O2. The maximum absolute atomic E-state index is 13.0. The van der Waals surface area contributed by atoms with E-state index in [-0.39, 0.29) is 17.5 Å². The Labute approximate surface area is 168 Å². The Morgan fingerprint density at radius 2 is 2.00 bits per heavy atom. The van der Waals surface area contributed by atoms with Crippen LogP contribution in [0.3, 0.4) is 0 Å². The fourth-order valence-corrected chi connectivity index (χ4v) is 3.89. The maximum atomic E-state index is 13.0. The van der Waals surface area contributed by atoms with E-state index in [0.717, 1.165) is 25.7 Å². The standard InChI is InChI=1S/C20H25N7O2/c1-21-17-11-16(25-18-14(19(28)22-2)12-23-27(17)18)24-15-9-6-10-26(20(15)29)13-7-4-3-5-8-13/h6,9-13,21H,3-5,7-8H2,1-2H3,(H,22,28)(H,24,25). The third-order valence-electron chi connectivity index (χ3n) is 5.40. The predicted octanol–water partition coefficient (Wildman–Crippen LogP) is 2.54. The molecule has 0 bridgehead atoms. The van der Waals surface area contributed by atoms with Gasteiger partial charge < -0.3 is 20.5 Å². The van der Waals surface area contributed by atoms with Crippen molar-refractivity contribution in [2.24, 2.45) is 0 Å². The lowest BCUT2D eigenvalue weighted by Crippen LogP contribution is -2.27. The molecule has 9 heteroatoms. The Morgan fingerprint density at radius 1 is 1.21 bits per heavy atom. The van der Waals surface area contributed by atoms with Crippen LogP contribution in [0.15, 0.2) is 35.4 Å². The van der Waals surface area contributed by atoms with Gasteiger partial charge in [0.1, 0.15) is 22.9 Å². The number of fused-ring (bicyclic) bond motifs is 1. The SMILES string of the molecule is CNC(=O)c1cnn2c(NC)cc(Nc3cccn(C4CCCCC4)c3=O)nc12. The third kappa shape index (κ3) is 3.55. The zero-order chi connectivity index (χ0) is 20.4. The Bertz CT molecular complexity index is 1100. The summed E-state index contributed by atoms with van der Waals surface area (Å²) in [6, 6.07) is 5.63. The number of hydrogen-bond donors (Lipinski definition) is 3. The van der Waals surface area contributed by atoms with E-state index in [9.17, 15) is 9.59 Å². The number of nitrogens with zero attached hydrogens (tertiary/aromatic N) is 4. The molecule has 3 aromatic heterocycles. The smallest absolute Gasteiger partial charge is 0.274 e. The van der Waals surface area contributed by atoms with Gasteiger partial charge in [0.25, 0.3) is 11.5 Å². The molecule has 9 nitrogen and oxygen atoms in total. The van der Waals surface area contributed by atoms with Gasteiger partial charge in [-0.1, -0.05) is 19.3 Å². The normalized spacial score (nSPS) is 14.7. The number of rotatable bonds is 5. The van der Waals surface area contributed by atoms with Crippen LogP contribution in [0.2, 0.25) is 0 Å². The minimum absolute atomic E-state index is 0.0629. The van der Waals surface area contributed by atoms with Crippen molar-refractivity contribution in [3.8, 4) is 0 Å². The summed E-state index contributed by atoms with van der Waals surface area (Å²) in [5, 5.41) is 13.0. The second-order valence-electron chi connectivity index (χ2n) is 7.20. The summed E-state index contributed by atoms with van der Waals surface area (Å²) >= 11 is 0. The first-order valence-corrected chi connectivity index (χ1v) is 9.89. The maximum Gasteiger partial charge on any atom is 0.274 e. The summed E-state index contributed by atoms with van der Waals surface area (Å²) in [4.78, 5) is 29.7. The molecular weight excluding hydrogens is 370 g/mol. The first-order chi connectivity index (χ1) is 14.1. The van der Waals surface area contributed by atoms with Crippen LogP contribution < -0.4 is 21.5 Å². The lowest BCUT2D eigenvalue weighted by atomic mass is 9.95. The van der Waals surface area contributed by atoms with Crippen LogP contribution in [0.25, 0.3) is 5.65 Å². The van der Waals surface area contributed by atoms with E-state index in [4.69, 9.17) is 0 Å². The number of aromatic nitrogens is 4. The zero-order valence-electron chi connectivity index (χ0n) is 16.6. The number of hydrogen-bond acceptors (Lipinski definition) is 6. The van der Waals surface area contributed by atoms with Gasteiger partial charge in [-0.2, -0.15) is 9.61 Å². The molecule has 0 radical (unpaired) electrons. The zero-order valence-corrected chi connectivity index (χ0v) is 16.6. The molecule has 3 N–H and O–H groups in total. The van der Waals surface area contributed by atoms with Crippen LogP contribution in [0.4, 0.5) is 17.3 Å². The fraction of sp³-hybridized carbons (Fsp3) is 0.400. The quantitative estimate of drug-likeness (QED) is 0.613. The topological polar surface area (TPSA) is 105 Å². The molecule has 1 aliphatic rings. The van der Waals surface area contributed by atoms with E-state index in [1.165, 1.54) is 12.6 Å². The van der Waals surface area contributed by atoms with Crippen LogP contribution >= 0.6 is 0 Å². The third-order valence-corrected chi connectivity index (χ3v) is 5.40. The number of amides is 1. The molecule has 29 heavy (non-hydrogen) atoms. The van der Waals surface area contributed by atoms with E-state index in [1.54, 1.807) is 30.7 Å². The lowest BCUT2D eigenvalue weighted by molar-refractivity contribution is 0.0964. The number of carbonyl (C=O) groups excluding carboxylic acids is 1. The molecule has 0 aromatic carbocycles. The van der Waals surface area contributed by atoms with Gasteiger partial charge in [0.2, 0.25) is 0 Å². The van der Waals surface area contributed by atoms with Gasteiger partial charge in [-0.25, -0.2) is 4.98 Å². The first kappa shape index (κ1) is 19.0. The van der Waals surface area contributed by atoms with Crippen molar-refractivity contribution in [1.82, 2.24) is 24.5 Å². The Hall–Kier alpha value is -3.36. The summed E-state index contributed by atoms with van der Waals surface area (Å²) < 4.78 is 3.38. The summed E-state index contributed by atoms with van der Waals surface area (Å²) in [6.45, 7) is 0. The van der Waals surface area contributed by atoms with E-state index in [0.29, 0.717) is 28.5 Å². The molecule has 4 rings (SSSR count). The van der Waals surface area contributed by atoms with Crippen molar-refractivity contribution in [3.05, 3.63) is 46.5 Å². The average Bonchev–Trinajstić information content (AvgIpc) is 3.18. The minimum atomic E-state index is -0.272. The van der Waals surface area contributed by atoms with Crippen molar-refractivity contribution in [3.63, 3.8) is 0 Å². The second-order valence-corrected chi connectivity index (χ2v) is 7.20. The summed E-state index contributed by atoms with van der Waals surface area (Å²) in [6.07, 6.45) is 8.94. The summed E-state index contributed by atoms with van der Waals surface area (Å²) in [7, 11) is 3.32. The highest BCUT2D eigenvalue weighted by Gasteiger charge is 2.19. The van der Waals surface area contributed by atoms with Gasteiger partial charge >= 0.3 is 0 Å². The summed E-state index contributed by atoms with van der Waals surface area (Å²) in [5.74, 6) is 0.841. The van der Waals surface area contributed by atoms with Crippen molar-refractivity contribution in [1.29, 1.82) is 0 Å². The lowest BCUT2D eigenvalue weighted by Gasteiger charge is -2.24. The van der Waals surface area contributed by atoms with Crippen molar-refractivity contribution < 1.29 is 4.79 Å². The Balaban J connectivity index is 1.72. The molecule has 0 aliphatic heterocycles. The number of anilines is 3. The predicted molar refractivity (Wildman–Crippen MR) is 112 cm³/mol. The molecule has 1 aliphatic carbocycles. The molecule has 3 aromatic rings. The minimum Gasteiger partial charge on any atom is -0.373 e. The fourth-order valence-electron chi connectivity index (χ4n) is 3.89. The summed E-state index contributed by atoms with van der Waals surface area (Å²) in [5.41, 5.74) is 1.16. The average molecular weight is 395 g/mol. The van der Waals surface area contributed by atoms with Gasteiger partial charge in [-0.3, -0.25) is 9.59 Å². The molecule has 3 heterocycles. The van der Waals surface area contributed by atoms with Gasteiger partial charge in [0, 0.05) is 32.4 Å². The largest absolute Gasteiger partial charge is 0.373 e. The highest BCUT2D eigenvalue weighted by molar-refractivity contribution is 5.99. The molecule has 0 unspecified atom stereocenters. The van der Waals surface area contributed by atoms with Gasteiger partial charge in [-0.05, 0) is 25.0 Å². The van der Waals surface area contributed by atoms with E-state index in [2.05, 4.69) is 26.0 Å². The molecule has 1 fully saturated rings. The number of carbonyl (C=O) groups is 1. The van der Waals surface area contributed by atoms with Gasteiger partial charge in [0.15, 0.2) is 5.65 Å². The molecule has 0 atom stereocenters. The first-order valence-electron chi connectivity index (χ1n) is 9.89. The highest BCUT2D eigenvalue weighted by Crippen LogP contribution is 2.27. The Kier molecular flexibility index (Phi) is 5.20. The van der Waals surface area contributed by atoms with Crippen LogP contribution in [0.1, 0.15) is 48.5 Å². The van der Waals surface area contributed by atoms with Crippen LogP contribution in [0, 0.1) is 0 Å². The van der Waals surface area contributed by atoms with Crippen molar-refractivity contribution >= 4 is 28.9 Å². The molecule has 1 amide bonds. The Morgan fingerprint density at radius 3 is 2.72 bits per heavy atom. The van der Waals surface area contributed by atoms with Gasteiger partial charge in [-0.15, -0.1) is 0 Å². The molecule has 0 saturated heterocycles. The second kappa shape index (κ2) is 7.94. The van der Waals surface area contributed by atoms with Crippen molar-refractivity contribution in [2.75, 3.05) is 24.7 Å². The van der Waals surface area contributed by atoms with Gasteiger partial charge in [0.05, 0.1) is 6.20 Å². The highest BCUT2D eigenvalue weighted by atomic mass is 16.1. The van der Waals surface area contributed by atoms with E-state index < -0.39 is 0 Å². The van der Waals surface area contributed by atoms with Crippen LogP contribution in [-0.2, 0) is 0 Å². The molecule has 0 spiro atoms. The monoisotopic (exact) mass is 395 g/mol. The number of nitrogens with one attached hydrogen (secondary N) is 3. The molecule has 1 saturated carbocycles. The van der Waals surface area contributed by atoms with Crippen LogP contribution in [-0.4, -0.2) is 39.2 Å². The van der Waals surface area contributed by atoms with E-state index >= 15 is 0 Å². The van der Waals surface area contributed by atoms with Crippen LogP contribution in [0.5, 0.6) is 0 Å². The number of pyridine rings is 1. The van der Waals surface area contributed by atoms with E-state index in [1.807, 2.05) is 16.8 Å².